The molecule has 0 amide bonds. The Morgan fingerprint density at radius 3 is 2.51 bits per heavy atom. The van der Waals surface area contributed by atoms with Crippen molar-refractivity contribution < 1.29 is 32.9 Å². The van der Waals surface area contributed by atoms with Crippen molar-refractivity contribution in [3.63, 3.8) is 0 Å². The molecule has 0 aromatic heterocycles. The number of ether oxygens (including phenoxy) is 3. The van der Waals surface area contributed by atoms with Gasteiger partial charge in [0.05, 0.1) is 42.5 Å². The number of carbonyl (C=O) groups excluding carboxylic acids is 1. The average molecular weight is 506 g/mol. The van der Waals surface area contributed by atoms with Crippen LogP contribution in [-0.2, 0) is 22.5 Å². The van der Waals surface area contributed by atoms with Crippen LogP contribution in [0.1, 0.15) is 43.2 Å². The van der Waals surface area contributed by atoms with Crippen LogP contribution in [0.4, 0.5) is 14.5 Å². The molecule has 0 aliphatic carbocycles. The van der Waals surface area contributed by atoms with Crippen molar-refractivity contribution in [2.75, 3.05) is 18.1 Å². The van der Waals surface area contributed by atoms with Crippen molar-refractivity contribution >= 4 is 34.0 Å². The molecular weight excluding hydrogens is 480 g/mol. The van der Waals surface area contributed by atoms with E-state index < -0.39 is 12.8 Å². The Balaban J connectivity index is 1.79. The Morgan fingerprint density at radius 2 is 1.89 bits per heavy atom. The number of benzene rings is 3. The Kier molecular flexibility index (Phi) is 7.62. The van der Waals surface area contributed by atoms with Gasteiger partial charge in [-0.3, -0.25) is 4.79 Å². The van der Waals surface area contributed by atoms with Gasteiger partial charge < -0.3 is 24.2 Å². The zero-order valence-corrected chi connectivity index (χ0v) is 20.1. The number of rotatable bonds is 9. The molecule has 0 spiro atoms. The Labute approximate surface area is 207 Å². The molecule has 3 aromatic rings. The molecule has 6 nitrogen and oxygen atoms in total. The lowest BCUT2D eigenvalue weighted by molar-refractivity contribution is -0.142. The van der Waals surface area contributed by atoms with Gasteiger partial charge in [0.1, 0.15) is 11.5 Å². The molecule has 0 bridgehead atoms. The molecule has 0 saturated heterocycles. The number of alkyl halides is 2. The Morgan fingerprint density at radius 1 is 1.17 bits per heavy atom. The summed E-state index contributed by atoms with van der Waals surface area (Å²) in [4.78, 5) is 13.4. The number of esters is 1. The van der Waals surface area contributed by atoms with E-state index in [2.05, 4.69) is 0 Å². The molecule has 1 unspecified atom stereocenters. The van der Waals surface area contributed by atoms with E-state index in [1.54, 1.807) is 54.3 Å². The average Bonchev–Trinajstić information content (AvgIpc) is 3.15. The molecular formula is C26H26ClF2NO5. The minimum Gasteiger partial charge on any atom is -0.492 e. The van der Waals surface area contributed by atoms with Crippen LogP contribution in [-0.4, -0.2) is 30.9 Å². The summed E-state index contributed by atoms with van der Waals surface area (Å²) in [6.45, 7) is 1.39. The van der Waals surface area contributed by atoms with Crippen LogP contribution in [0.25, 0.3) is 10.8 Å². The first-order valence-electron chi connectivity index (χ1n) is 11.4. The number of halogens is 3. The lowest BCUT2D eigenvalue weighted by atomic mass is 9.99. The summed E-state index contributed by atoms with van der Waals surface area (Å²) in [5.74, 6) is 0.0679. The molecule has 1 heterocycles. The van der Waals surface area contributed by atoms with Gasteiger partial charge in [-0.2, -0.15) is 8.78 Å². The van der Waals surface area contributed by atoms with Gasteiger partial charge in [0.15, 0.2) is 6.23 Å². The number of aliphatic hydroxyl groups is 1. The third-order valence-corrected chi connectivity index (χ3v) is 6.08. The highest BCUT2D eigenvalue weighted by Crippen LogP contribution is 2.51. The van der Waals surface area contributed by atoms with Crippen LogP contribution in [0.5, 0.6) is 11.5 Å². The topological polar surface area (TPSA) is 68.2 Å². The zero-order valence-electron chi connectivity index (χ0n) is 19.4. The summed E-state index contributed by atoms with van der Waals surface area (Å²) in [5, 5.41) is 12.7. The van der Waals surface area contributed by atoms with Gasteiger partial charge in [0, 0.05) is 16.3 Å². The number of carbonyl (C=O) groups is 1. The SMILES string of the molecule is CCCOc1c2c(c(OC(F)F)c3ccccc13)CN(c1ccc(CC(=O)OCC)cc1Cl)C2O. The van der Waals surface area contributed by atoms with Gasteiger partial charge in [-0.25, -0.2) is 0 Å². The summed E-state index contributed by atoms with van der Waals surface area (Å²) in [6, 6.07) is 12.0. The van der Waals surface area contributed by atoms with Crippen molar-refractivity contribution in [1.29, 1.82) is 0 Å². The molecule has 1 N–H and O–H groups in total. The number of hydrogen-bond acceptors (Lipinski definition) is 6. The largest absolute Gasteiger partial charge is 0.492 e. The van der Waals surface area contributed by atoms with Gasteiger partial charge in [-0.1, -0.05) is 48.9 Å². The van der Waals surface area contributed by atoms with Crippen molar-refractivity contribution in [2.45, 2.75) is 46.1 Å². The van der Waals surface area contributed by atoms with E-state index >= 15 is 0 Å². The number of nitrogens with zero attached hydrogens (tertiary/aromatic N) is 1. The molecule has 1 aliphatic heterocycles. The molecule has 3 aromatic carbocycles. The van der Waals surface area contributed by atoms with Gasteiger partial charge in [-0.05, 0) is 31.0 Å². The summed E-state index contributed by atoms with van der Waals surface area (Å²) in [7, 11) is 0. The highest BCUT2D eigenvalue weighted by molar-refractivity contribution is 6.33. The van der Waals surface area contributed by atoms with Crippen LogP contribution in [0.2, 0.25) is 5.02 Å². The van der Waals surface area contributed by atoms with Crippen LogP contribution in [0.15, 0.2) is 42.5 Å². The predicted molar refractivity (Wildman–Crippen MR) is 129 cm³/mol. The molecule has 186 valence electrons. The van der Waals surface area contributed by atoms with Gasteiger partial charge in [-0.15, -0.1) is 0 Å². The number of hydrogen-bond donors (Lipinski definition) is 1. The summed E-state index contributed by atoms with van der Waals surface area (Å²) in [5.41, 5.74) is 1.92. The van der Waals surface area contributed by atoms with E-state index in [0.29, 0.717) is 50.5 Å². The summed E-state index contributed by atoms with van der Waals surface area (Å²) >= 11 is 6.54. The maximum Gasteiger partial charge on any atom is 0.387 e. The van der Waals surface area contributed by atoms with Gasteiger partial charge in [0.2, 0.25) is 0 Å². The molecule has 0 saturated carbocycles. The van der Waals surface area contributed by atoms with E-state index in [-0.39, 0.29) is 31.3 Å². The van der Waals surface area contributed by atoms with E-state index in [1.807, 2.05) is 6.92 Å². The van der Waals surface area contributed by atoms with Gasteiger partial charge in [0.25, 0.3) is 0 Å². The first kappa shape index (κ1) is 25.0. The van der Waals surface area contributed by atoms with Crippen molar-refractivity contribution in [3.8, 4) is 11.5 Å². The second-order valence-electron chi connectivity index (χ2n) is 8.09. The minimum atomic E-state index is -3.04. The monoisotopic (exact) mass is 505 g/mol. The number of fused-ring (bicyclic) bond motifs is 2. The summed E-state index contributed by atoms with van der Waals surface area (Å²) in [6.07, 6.45) is -0.426. The minimum absolute atomic E-state index is 0.00560. The van der Waals surface area contributed by atoms with Crippen molar-refractivity contribution in [1.82, 2.24) is 0 Å². The van der Waals surface area contributed by atoms with Crippen LogP contribution in [0.3, 0.4) is 0 Å². The smallest absolute Gasteiger partial charge is 0.387 e. The van der Waals surface area contributed by atoms with Crippen molar-refractivity contribution in [3.05, 3.63) is 64.2 Å². The van der Waals surface area contributed by atoms with E-state index in [0.717, 1.165) is 6.42 Å². The van der Waals surface area contributed by atoms with Crippen LogP contribution >= 0.6 is 11.6 Å². The maximum atomic E-state index is 13.4. The fraction of sp³-hybridized carbons (Fsp3) is 0.346. The first-order chi connectivity index (χ1) is 16.8. The zero-order chi connectivity index (χ0) is 25.1. The van der Waals surface area contributed by atoms with Gasteiger partial charge >= 0.3 is 12.6 Å². The molecule has 0 fully saturated rings. The second-order valence-corrected chi connectivity index (χ2v) is 8.50. The fourth-order valence-electron chi connectivity index (χ4n) is 4.36. The van der Waals surface area contributed by atoms with E-state index in [4.69, 9.17) is 25.8 Å². The van der Waals surface area contributed by atoms with Crippen LogP contribution < -0.4 is 14.4 Å². The fourth-order valence-corrected chi connectivity index (χ4v) is 4.67. The van der Waals surface area contributed by atoms with E-state index in [1.165, 1.54) is 0 Å². The molecule has 1 aliphatic rings. The number of aliphatic hydroxyl groups excluding tert-OH is 1. The number of anilines is 1. The normalized spacial score (nSPS) is 14.9. The third-order valence-electron chi connectivity index (χ3n) is 5.77. The van der Waals surface area contributed by atoms with E-state index in [9.17, 15) is 18.7 Å². The standard InChI is InChI=1S/C26H26ClF2NO5/c1-3-11-34-24-17-8-6-5-7-16(17)23(35-26(28)29)18-14-30(25(32)22(18)24)20-10-9-15(12-19(20)27)13-21(31)33-4-2/h5-10,12,25-26,32H,3-4,11,13-14H2,1-2H3. The highest BCUT2D eigenvalue weighted by Gasteiger charge is 2.38. The molecule has 9 heteroatoms. The first-order valence-corrected chi connectivity index (χ1v) is 11.8. The Bertz CT molecular complexity index is 1240. The molecule has 35 heavy (non-hydrogen) atoms. The lowest BCUT2D eigenvalue weighted by Gasteiger charge is -2.25. The second kappa shape index (κ2) is 10.7. The molecule has 0 radical (unpaired) electrons. The van der Waals surface area contributed by atoms with Crippen molar-refractivity contribution in [2.24, 2.45) is 0 Å². The lowest BCUT2D eigenvalue weighted by Crippen LogP contribution is -2.21. The quantitative estimate of drug-likeness (QED) is 0.360. The highest BCUT2D eigenvalue weighted by atomic mass is 35.5. The third kappa shape index (κ3) is 4.99. The Hall–Kier alpha value is -3.10. The predicted octanol–water partition coefficient (Wildman–Crippen LogP) is 6.00. The molecule has 4 rings (SSSR count). The van der Waals surface area contributed by atoms with Crippen LogP contribution in [0, 0.1) is 0 Å². The molecule has 1 atom stereocenters. The maximum absolute atomic E-state index is 13.4. The summed E-state index contributed by atoms with van der Waals surface area (Å²) < 4.78 is 42.8.